The van der Waals surface area contributed by atoms with Gasteiger partial charge in [0.1, 0.15) is 17.2 Å². The molecule has 2 amide bonds. The van der Waals surface area contributed by atoms with E-state index in [0.29, 0.717) is 25.1 Å². The number of carboxylic acids is 1. The molecule has 3 rings (SSSR count). The van der Waals surface area contributed by atoms with Crippen molar-refractivity contribution in [2.24, 2.45) is 5.41 Å². The monoisotopic (exact) mass is 350 g/mol. The van der Waals surface area contributed by atoms with Gasteiger partial charge in [-0.15, -0.1) is 0 Å². The molecule has 2 aliphatic rings. The summed E-state index contributed by atoms with van der Waals surface area (Å²) < 4.78 is 19.3. The third-order valence-electron chi connectivity index (χ3n) is 5.01. The topological polar surface area (TPSA) is 78.9 Å². The minimum Gasteiger partial charge on any atom is -0.487 e. The first kappa shape index (κ1) is 17.5. The Kier molecular flexibility index (Phi) is 4.13. The van der Waals surface area contributed by atoms with Crippen LogP contribution < -0.4 is 10.1 Å². The van der Waals surface area contributed by atoms with Crippen molar-refractivity contribution in [1.82, 2.24) is 10.2 Å². The molecule has 0 radical (unpaired) electrons. The number of carbonyl (C=O) groups excluding carboxylic acids is 1. The summed E-state index contributed by atoms with van der Waals surface area (Å²) in [5, 5.41) is 12.3. The molecule has 0 spiro atoms. The van der Waals surface area contributed by atoms with Gasteiger partial charge in [0.2, 0.25) is 0 Å². The number of fused-ring (bicyclic) bond motifs is 1. The van der Waals surface area contributed by atoms with Crippen LogP contribution in [0.15, 0.2) is 18.2 Å². The Hall–Kier alpha value is -2.31. The maximum absolute atomic E-state index is 13.5. The van der Waals surface area contributed by atoms with Gasteiger partial charge in [0.25, 0.3) is 0 Å². The fourth-order valence-corrected chi connectivity index (χ4v) is 3.50. The molecule has 0 aromatic heterocycles. The number of halogens is 1. The van der Waals surface area contributed by atoms with Gasteiger partial charge < -0.3 is 20.1 Å². The van der Waals surface area contributed by atoms with Crippen LogP contribution in [0.4, 0.5) is 9.18 Å². The minimum atomic E-state index is -0.909. The number of carboxylic acid groups (broad SMARTS) is 1. The molecule has 25 heavy (non-hydrogen) atoms. The lowest BCUT2D eigenvalue weighted by molar-refractivity contribution is -0.147. The largest absolute Gasteiger partial charge is 0.487 e. The molecular weight excluding hydrogens is 327 g/mol. The standard InChI is InChI=1S/C18H23FN2O4/c1-17(2)9-13(12-5-4-11(19)8-14(12)25-17)20-16(24)21-7-6-18(3,10-21)15(22)23/h4-5,8,13H,6-7,9-10H2,1-3H3,(H,20,24)(H,22,23). The van der Waals surface area contributed by atoms with E-state index >= 15 is 0 Å². The Balaban J connectivity index is 1.77. The predicted octanol–water partition coefficient (Wildman–Crippen LogP) is 2.93. The van der Waals surface area contributed by atoms with Gasteiger partial charge in [0.05, 0.1) is 11.5 Å². The number of urea groups is 1. The van der Waals surface area contributed by atoms with Gasteiger partial charge in [-0.3, -0.25) is 4.79 Å². The number of likely N-dealkylation sites (tertiary alicyclic amines) is 1. The molecule has 7 heteroatoms. The zero-order valence-electron chi connectivity index (χ0n) is 14.6. The van der Waals surface area contributed by atoms with Gasteiger partial charge in [0.15, 0.2) is 0 Å². The number of rotatable bonds is 2. The second-order valence-corrected chi connectivity index (χ2v) is 7.79. The Morgan fingerprint density at radius 3 is 2.72 bits per heavy atom. The highest BCUT2D eigenvalue weighted by atomic mass is 19.1. The van der Waals surface area contributed by atoms with Crippen molar-refractivity contribution in [3.8, 4) is 5.75 Å². The van der Waals surface area contributed by atoms with Crippen molar-refractivity contribution in [1.29, 1.82) is 0 Å². The third-order valence-corrected chi connectivity index (χ3v) is 5.01. The number of amides is 2. The Morgan fingerprint density at radius 1 is 1.36 bits per heavy atom. The lowest BCUT2D eigenvalue weighted by atomic mass is 9.89. The first-order valence-electron chi connectivity index (χ1n) is 8.37. The molecule has 0 aliphatic carbocycles. The second kappa shape index (κ2) is 5.89. The maximum Gasteiger partial charge on any atom is 0.317 e. The van der Waals surface area contributed by atoms with E-state index in [1.54, 1.807) is 13.0 Å². The van der Waals surface area contributed by atoms with E-state index in [9.17, 15) is 19.1 Å². The highest BCUT2D eigenvalue weighted by Crippen LogP contribution is 2.40. The summed E-state index contributed by atoms with van der Waals surface area (Å²) in [5.41, 5.74) is -0.721. The fraction of sp³-hybridized carbons (Fsp3) is 0.556. The second-order valence-electron chi connectivity index (χ2n) is 7.79. The molecule has 2 aliphatic heterocycles. The molecule has 2 heterocycles. The average molecular weight is 350 g/mol. The van der Waals surface area contributed by atoms with Crippen LogP contribution in [0.1, 0.15) is 45.2 Å². The summed E-state index contributed by atoms with van der Waals surface area (Å²) in [4.78, 5) is 25.5. The van der Waals surface area contributed by atoms with Gasteiger partial charge in [-0.25, -0.2) is 9.18 Å². The van der Waals surface area contributed by atoms with Crippen molar-refractivity contribution < 1.29 is 23.8 Å². The SMILES string of the molecule is CC1(C)CC(NC(=O)N2CCC(C)(C(=O)O)C2)c2ccc(F)cc2O1. The first-order valence-corrected chi connectivity index (χ1v) is 8.37. The van der Waals surface area contributed by atoms with Crippen LogP contribution >= 0.6 is 0 Å². The molecule has 1 aromatic rings. The van der Waals surface area contributed by atoms with Gasteiger partial charge in [0, 0.05) is 31.1 Å². The van der Waals surface area contributed by atoms with Crippen LogP contribution in [0.5, 0.6) is 5.75 Å². The number of aliphatic carboxylic acids is 1. The Morgan fingerprint density at radius 2 is 2.08 bits per heavy atom. The zero-order chi connectivity index (χ0) is 18.4. The Bertz CT molecular complexity index is 721. The molecule has 1 aromatic carbocycles. The first-order chi connectivity index (χ1) is 11.6. The smallest absolute Gasteiger partial charge is 0.317 e. The minimum absolute atomic E-state index is 0.178. The molecule has 1 fully saturated rings. The summed E-state index contributed by atoms with van der Waals surface area (Å²) >= 11 is 0. The van der Waals surface area contributed by atoms with Gasteiger partial charge >= 0.3 is 12.0 Å². The van der Waals surface area contributed by atoms with Gasteiger partial charge in [-0.2, -0.15) is 0 Å². The lowest BCUT2D eigenvalue weighted by Gasteiger charge is -2.38. The molecular formula is C18H23FN2O4. The summed E-state index contributed by atoms with van der Waals surface area (Å²) in [6.45, 7) is 6.00. The van der Waals surface area contributed by atoms with E-state index in [2.05, 4.69) is 5.32 Å². The summed E-state index contributed by atoms with van der Waals surface area (Å²) in [5.74, 6) is -0.854. The fourth-order valence-electron chi connectivity index (χ4n) is 3.50. The molecule has 1 saturated heterocycles. The van der Waals surface area contributed by atoms with Crippen LogP contribution in [0, 0.1) is 11.2 Å². The van der Waals surface area contributed by atoms with E-state index in [-0.39, 0.29) is 18.6 Å². The van der Waals surface area contributed by atoms with Crippen molar-refractivity contribution in [2.45, 2.75) is 45.3 Å². The van der Waals surface area contributed by atoms with Gasteiger partial charge in [-0.05, 0) is 33.3 Å². The molecule has 2 unspecified atom stereocenters. The third kappa shape index (κ3) is 3.41. The van der Waals surface area contributed by atoms with E-state index in [1.165, 1.54) is 17.0 Å². The zero-order valence-corrected chi connectivity index (χ0v) is 14.6. The normalized spacial score (nSPS) is 27.4. The average Bonchev–Trinajstić information content (AvgIpc) is 2.89. The molecule has 6 nitrogen and oxygen atoms in total. The summed E-state index contributed by atoms with van der Waals surface area (Å²) in [7, 11) is 0. The van der Waals surface area contributed by atoms with Crippen LogP contribution in [-0.2, 0) is 4.79 Å². The summed E-state index contributed by atoms with van der Waals surface area (Å²) in [6, 6.07) is 3.67. The van der Waals surface area contributed by atoms with E-state index in [0.717, 1.165) is 5.56 Å². The molecule has 2 atom stereocenters. The number of hydrogen-bond acceptors (Lipinski definition) is 3. The number of nitrogens with zero attached hydrogens (tertiary/aromatic N) is 1. The Labute approximate surface area is 146 Å². The van der Waals surface area contributed by atoms with Crippen molar-refractivity contribution in [3.63, 3.8) is 0 Å². The van der Waals surface area contributed by atoms with Crippen LogP contribution in [0.3, 0.4) is 0 Å². The molecule has 2 N–H and O–H groups in total. The van der Waals surface area contributed by atoms with Crippen molar-refractivity contribution >= 4 is 12.0 Å². The predicted molar refractivity (Wildman–Crippen MR) is 88.9 cm³/mol. The van der Waals surface area contributed by atoms with E-state index in [4.69, 9.17) is 4.74 Å². The molecule has 136 valence electrons. The van der Waals surface area contributed by atoms with Crippen LogP contribution in [-0.4, -0.2) is 40.7 Å². The van der Waals surface area contributed by atoms with Crippen LogP contribution in [0.25, 0.3) is 0 Å². The molecule has 0 saturated carbocycles. The van der Waals surface area contributed by atoms with Crippen LogP contribution in [0.2, 0.25) is 0 Å². The summed E-state index contributed by atoms with van der Waals surface area (Å²) in [6.07, 6.45) is 0.970. The quantitative estimate of drug-likeness (QED) is 0.860. The van der Waals surface area contributed by atoms with Gasteiger partial charge in [-0.1, -0.05) is 6.07 Å². The molecule has 0 bridgehead atoms. The maximum atomic E-state index is 13.5. The number of hydrogen-bond donors (Lipinski definition) is 2. The van der Waals surface area contributed by atoms with Crippen molar-refractivity contribution in [2.75, 3.05) is 13.1 Å². The number of carbonyl (C=O) groups is 2. The number of nitrogens with one attached hydrogen (secondary N) is 1. The van der Waals surface area contributed by atoms with E-state index < -0.39 is 22.8 Å². The highest BCUT2D eigenvalue weighted by Gasteiger charge is 2.43. The number of benzene rings is 1. The highest BCUT2D eigenvalue weighted by molar-refractivity contribution is 5.79. The van der Waals surface area contributed by atoms with Crippen molar-refractivity contribution in [3.05, 3.63) is 29.6 Å². The number of ether oxygens (including phenoxy) is 1. The lowest BCUT2D eigenvalue weighted by Crippen LogP contribution is -2.46. The van der Waals surface area contributed by atoms with E-state index in [1.807, 2.05) is 13.8 Å².